The molecule has 0 heterocycles. The average Bonchev–Trinajstić information content (AvgIpc) is 2.46. The van der Waals surface area contributed by atoms with E-state index in [-0.39, 0.29) is 17.7 Å². The van der Waals surface area contributed by atoms with Gasteiger partial charge < -0.3 is 14.8 Å². The Hall–Kier alpha value is -1.13. The zero-order valence-electron chi connectivity index (χ0n) is 11.1. The van der Waals surface area contributed by atoms with Crippen LogP contribution in [0.2, 0.25) is 0 Å². The normalized spacial score (nSPS) is 11.0. The lowest BCUT2D eigenvalue weighted by Gasteiger charge is -2.26. The van der Waals surface area contributed by atoms with Crippen LogP contribution in [0.3, 0.4) is 0 Å². The van der Waals surface area contributed by atoms with Crippen molar-refractivity contribution < 1.29 is 14.3 Å². The molecular formula is C13H17Cl2NO3. The van der Waals surface area contributed by atoms with E-state index in [1.54, 1.807) is 32.2 Å². The van der Waals surface area contributed by atoms with Crippen molar-refractivity contribution in [3.63, 3.8) is 0 Å². The highest BCUT2D eigenvalue weighted by molar-refractivity contribution is 6.22. The first kappa shape index (κ1) is 15.9. The molecule has 1 aromatic rings. The van der Waals surface area contributed by atoms with Gasteiger partial charge in [-0.15, -0.1) is 23.2 Å². The quantitative estimate of drug-likeness (QED) is 0.822. The van der Waals surface area contributed by atoms with Gasteiger partial charge in [0, 0.05) is 17.8 Å². The fraction of sp³-hybridized carbons (Fsp3) is 0.462. The summed E-state index contributed by atoms with van der Waals surface area (Å²) in [5.41, 5.74) is -0.254. The van der Waals surface area contributed by atoms with E-state index in [0.29, 0.717) is 17.1 Å². The standard InChI is InChI=1S/C13H17Cl2NO3/c1-13(7-14,8-15)16-12(17)10-5-4-9(18-2)6-11(10)19-3/h4-6H,7-8H2,1-3H3,(H,16,17). The van der Waals surface area contributed by atoms with Gasteiger partial charge in [0.25, 0.3) is 5.91 Å². The third-order valence-electron chi connectivity index (χ3n) is 2.66. The maximum Gasteiger partial charge on any atom is 0.255 e. The Balaban J connectivity index is 2.99. The Kier molecular flexibility index (Phi) is 5.76. The number of hydrogen-bond acceptors (Lipinski definition) is 3. The lowest BCUT2D eigenvalue weighted by Crippen LogP contribution is -2.49. The fourth-order valence-corrected chi connectivity index (χ4v) is 1.85. The molecule has 0 atom stereocenters. The van der Waals surface area contributed by atoms with Gasteiger partial charge in [-0.25, -0.2) is 0 Å². The number of methoxy groups -OCH3 is 2. The molecule has 106 valence electrons. The van der Waals surface area contributed by atoms with E-state index in [0.717, 1.165) is 0 Å². The van der Waals surface area contributed by atoms with Gasteiger partial charge in [-0.2, -0.15) is 0 Å². The molecule has 0 aliphatic heterocycles. The van der Waals surface area contributed by atoms with Gasteiger partial charge in [0.15, 0.2) is 0 Å². The highest BCUT2D eigenvalue weighted by atomic mass is 35.5. The predicted molar refractivity (Wildman–Crippen MR) is 76.9 cm³/mol. The molecule has 0 saturated carbocycles. The number of carbonyl (C=O) groups is 1. The summed E-state index contributed by atoms with van der Waals surface area (Å²) >= 11 is 11.6. The van der Waals surface area contributed by atoms with Crippen molar-refractivity contribution in [3.8, 4) is 11.5 Å². The van der Waals surface area contributed by atoms with Crippen LogP contribution in [0.15, 0.2) is 18.2 Å². The molecule has 0 spiro atoms. The zero-order chi connectivity index (χ0) is 14.5. The molecule has 0 unspecified atom stereocenters. The lowest BCUT2D eigenvalue weighted by molar-refractivity contribution is 0.0918. The number of ether oxygens (including phenoxy) is 2. The first-order valence-corrected chi connectivity index (χ1v) is 6.73. The van der Waals surface area contributed by atoms with Crippen LogP contribution in [0.4, 0.5) is 0 Å². The minimum Gasteiger partial charge on any atom is -0.497 e. The van der Waals surface area contributed by atoms with Crippen molar-refractivity contribution in [3.05, 3.63) is 23.8 Å². The van der Waals surface area contributed by atoms with Gasteiger partial charge in [0.05, 0.1) is 25.3 Å². The zero-order valence-corrected chi connectivity index (χ0v) is 12.6. The second kappa shape index (κ2) is 6.87. The van der Waals surface area contributed by atoms with Crippen LogP contribution in [0.5, 0.6) is 11.5 Å². The van der Waals surface area contributed by atoms with E-state index in [9.17, 15) is 4.79 Å². The summed E-state index contributed by atoms with van der Waals surface area (Å²) in [6.07, 6.45) is 0. The Bertz CT molecular complexity index is 448. The number of alkyl halides is 2. The molecule has 1 N–H and O–H groups in total. The Labute approximate surface area is 123 Å². The molecule has 0 aliphatic rings. The van der Waals surface area contributed by atoms with Gasteiger partial charge >= 0.3 is 0 Å². The Morgan fingerprint density at radius 1 is 1.26 bits per heavy atom. The molecule has 0 aromatic heterocycles. The second-order valence-corrected chi connectivity index (χ2v) is 4.88. The van der Waals surface area contributed by atoms with E-state index in [1.165, 1.54) is 7.11 Å². The molecule has 6 heteroatoms. The van der Waals surface area contributed by atoms with Crippen molar-refractivity contribution in [2.24, 2.45) is 0 Å². The van der Waals surface area contributed by atoms with E-state index in [4.69, 9.17) is 32.7 Å². The van der Waals surface area contributed by atoms with Crippen molar-refractivity contribution in [2.45, 2.75) is 12.5 Å². The van der Waals surface area contributed by atoms with Crippen LogP contribution in [0.1, 0.15) is 17.3 Å². The maximum atomic E-state index is 12.2. The van der Waals surface area contributed by atoms with E-state index >= 15 is 0 Å². The first-order chi connectivity index (χ1) is 8.99. The minimum atomic E-state index is -0.662. The topological polar surface area (TPSA) is 47.6 Å². The molecule has 0 saturated heterocycles. The fourth-order valence-electron chi connectivity index (χ4n) is 1.43. The molecule has 0 bridgehead atoms. The summed E-state index contributed by atoms with van der Waals surface area (Å²) in [5, 5.41) is 2.80. The third-order valence-corrected chi connectivity index (χ3v) is 3.84. The number of carbonyl (C=O) groups excluding carboxylic acids is 1. The Morgan fingerprint density at radius 3 is 2.37 bits per heavy atom. The summed E-state index contributed by atoms with van der Waals surface area (Å²) < 4.78 is 10.3. The average molecular weight is 306 g/mol. The molecule has 1 rings (SSSR count). The number of benzene rings is 1. The highest BCUT2D eigenvalue weighted by Crippen LogP contribution is 2.25. The molecule has 0 aliphatic carbocycles. The van der Waals surface area contributed by atoms with Crippen molar-refractivity contribution in [1.29, 1.82) is 0 Å². The van der Waals surface area contributed by atoms with Crippen LogP contribution in [-0.4, -0.2) is 37.4 Å². The van der Waals surface area contributed by atoms with E-state index in [2.05, 4.69) is 5.32 Å². The van der Waals surface area contributed by atoms with Crippen LogP contribution in [0.25, 0.3) is 0 Å². The van der Waals surface area contributed by atoms with Crippen LogP contribution in [-0.2, 0) is 0 Å². The van der Waals surface area contributed by atoms with Gasteiger partial charge in [-0.05, 0) is 19.1 Å². The molecule has 4 nitrogen and oxygen atoms in total. The monoisotopic (exact) mass is 305 g/mol. The minimum absolute atomic E-state index is 0.223. The highest BCUT2D eigenvalue weighted by Gasteiger charge is 2.26. The Morgan fingerprint density at radius 2 is 1.89 bits per heavy atom. The van der Waals surface area contributed by atoms with Crippen LogP contribution in [0, 0.1) is 0 Å². The summed E-state index contributed by atoms with van der Waals surface area (Å²) in [6.45, 7) is 1.78. The smallest absolute Gasteiger partial charge is 0.255 e. The van der Waals surface area contributed by atoms with Crippen molar-refractivity contribution in [2.75, 3.05) is 26.0 Å². The third kappa shape index (κ3) is 3.91. The SMILES string of the molecule is COc1ccc(C(=O)NC(C)(CCl)CCl)c(OC)c1. The van der Waals surface area contributed by atoms with E-state index in [1.807, 2.05) is 0 Å². The lowest BCUT2D eigenvalue weighted by atomic mass is 10.1. The van der Waals surface area contributed by atoms with Crippen molar-refractivity contribution in [1.82, 2.24) is 5.32 Å². The number of nitrogens with one attached hydrogen (secondary N) is 1. The summed E-state index contributed by atoms with van der Waals surface area (Å²) in [7, 11) is 3.04. The number of halogens is 2. The van der Waals surface area contributed by atoms with Gasteiger partial charge in [0.2, 0.25) is 0 Å². The molecule has 1 amide bonds. The van der Waals surface area contributed by atoms with Gasteiger partial charge in [-0.1, -0.05) is 0 Å². The molecule has 19 heavy (non-hydrogen) atoms. The number of amides is 1. The number of hydrogen-bond donors (Lipinski definition) is 1. The second-order valence-electron chi connectivity index (χ2n) is 4.35. The maximum absolute atomic E-state index is 12.2. The summed E-state index contributed by atoms with van der Waals surface area (Å²) in [5.74, 6) is 1.21. The molecular weight excluding hydrogens is 289 g/mol. The van der Waals surface area contributed by atoms with Gasteiger partial charge in [0.1, 0.15) is 11.5 Å². The summed E-state index contributed by atoms with van der Waals surface area (Å²) in [6, 6.07) is 4.97. The van der Waals surface area contributed by atoms with Crippen LogP contribution < -0.4 is 14.8 Å². The van der Waals surface area contributed by atoms with Gasteiger partial charge in [-0.3, -0.25) is 4.79 Å². The van der Waals surface area contributed by atoms with E-state index < -0.39 is 5.54 Å². The molecule has 0 fully saturated rings. The molecule has 0 radical (unpaired) electrons. The number of rotatable bonds is 6. The first-order valence-electron chi connectivity index (χ1n) is 5.66. The largest absolute Gasteiger partial charge is 0.497 e. The summed E-state index contributed by atoms with van der Waals surface area (Å²) in [4.78, 5) is 12.2. The van der Waals surface area contributed by atoms with Crippen molar-refractivity contribution >= 4 is 29.1 Å². The predicted octanol–water partition coefficient (Wildman–Crippen LogP) is 2.67. The molecule has 1 aromatic carbocycles. The van der Waals surface area contributed by atoms with Crippen LogP contribution >= 0.6 is 23.2 Å².